The summed E-state index contributed by atoms with van der Waals surface area (Å²) in [6.07, 6.45) is 3.13. The van der Waals surface area contributed by atoms with Crippen LogP contribution in [0.4, 0.5) is 4.39 Å². The number of halogens is 1. The lowest BCUT2D eigenvalue weighted by Gasteiger charge is -2.12. The van der Waals surface area contributed by atoms with Crippen molar-refractivity contribution in [2.24, 2.45) is 5.41 Å². The van der Waals surface area contributed by atoms with E-state index in [0.717, 1.165) is 0 Å². The maximum Gasteiger partial charge on any atom is 0.161 e. The van der Waals surface area contributed by atoms with Crippen LogP contribution in [0.15, 0.2) is 30.3 Å². The molecule has 0 aliphatic rings. The highest BCUT2D eigenvalue weighted by atomic mass is 19.1. The highest BCUT2D eigenvalue weighted by Crippen LogP contribution is 2.16. The summed E-state index contributed by atoms with van der Waals surface area (Å²) in [7, 11) is 0. The van der Waals surface area contributed by atoms with Crippen molar-refractivity contribution in [3.05, 3.63) is 41.7 Å². The Kier molecular flexibility index (Phi) is 3.40. The molecule has 0 saturated carbocycles. The van der Waals surface area contributed by atoms with Gasteiger partial charge in [-0.3, -0.25) is 4.79 Å². The zero-order valence-electron chi connectivity index (χ0n) is 9.25. The largest absolute Gasteiger partial charge is 0.294 e. The molecule has 1 aromatic rings. The number of ketones is 1. The minimum atomic E-state index is -0.385. The fraction of sp³-hybridized carbons (Fsp3) is 0.308. The molecule has 0 bridgehead atoms. The van der Waals surface area contributed by atoms with Crippen molar-refractivity contribution in [2.75, 3.05) is 0 Å². The van der Waals surface area contributed by atoms with Gasteiger partial charge in [0.25, 0.3) is 0 Å². The Balaban J connectivity index is 2.79. The molecule has 0 heterocycles. The normalized spacial score (nSPS) is 12.0. The van der Waals surface area contributed by atoms with Crippen LogP contribution in [-0.4, -0.2) is 5.78 Å². The first kappa shape index (κ1) is 11.6. The number of hydrogen-bond acceptors (Lipinski definition) is 1. The Labute approximate surface area is 89.6 Å². The number of hydrogen-bond donors (Lipinski definition) is 0. The fourth-order valence-corrected chi connectivity index (χ4v) is 1.03. The van der Waals surface area contributed by atoms with Crippen molar-refractivity contribution >= 4 is 11.9 Å². The second-order valence-electron chi connectivity index (χ2n) is 4.50. The molecular formula is C13H15FO. The third-order valence-electron chi connectivity index (χ3n) is 2.02. The third kappa shape index (κ3) is 3.66. The van der Waals surface area contributed by atoms with Crippen molar-refractivity contribution in [3.8, 4) is 0 Å². The molecule has 0 aliphatic heterocycles. The second kappa shape index (κ2) is 4.39. The summed E-state index contributed by atoms with van der Waals surface area (Å²) >= 11 is 0. The lowest BCUT2D eigenvalue weighted by Crippen LogP contribution is -2.17. The highest BCUT2D eigenvalue weighted by Gasteiger charge is 2.17. The van der Waals surface area contributed by atoms with E-state index in [1.54, 1.807) is 18.2 Å². The van der Waals surface area contributed by atoms with Gasteiger partial charge in [-0.2, -0.15) is 0 Å². The van der Waals surface area contributed by atoms with E-state index >= 15 is 0 Å². The number of carbonyl (C=O) groups excluding carboxylic acids is 1. The van der Waals surface area contributed by atoms with Crippen LogP contribution in [0, 0.1) is 11.2 Å². The summed E-state index contributed by atoms with van der Waals surface area (Å²) in [5.41, 5.74) is 0.316. The predicted molar refractivity (Wildman–Crippen MR) is 59.9 cm³/mol. The van der Waals surface area contributed by atoms with Gasteiger partial charge in [0.15, 0.2) is 5.78 Å². The third-order valence-corrected chi connectivity index (χ3v) is 2.02. The van der Waals surface area contributed by atoms with Gasteiger partial charge in [0.2, 0.25) is 0 Å². The molecule has 0 unspecified atom stereocenters. The average molecular weight is 206 g/mol. The zero-order valence-corrected chi connectivity index (χ0v) is 9.25. The summed E-state index contributed by atoms with van der Waals surface area (Å²) < 4.78 is 12.8. The summed E-state index contributed by atoms with van der Waals surface area (Å²) in [6.45, 7) is 5.56. The molecule has 0 aliphatic carbocycles. The lowest BCUT2D eigenvalue weighted by molar-refractivity contribution is -0.121. The van der Waals surface area contributed by atoms with Crippen LogP contribution in [0.3, 0.4) is 0 Å². The molecule has 1 aromatic carbocycles. The van der Waals surface area contributed by atoms with Crippen LogP contribution in [0.2, 0.25) is 0 Å². The van der Waals surface area contributed by atoms with Gasteiger partial charge in [-0.05, 0) is 23.8 Å². The van der Waals surface area contributed by atoms with Crippen molar-refractivity contribution in [1.29, 1.82) is 0 Å². The Morgan fingerprint density at radius 1 is 1.33 bits per heavy atom. The van der Waals surface area contributed by atoms with E-state index in [-0.39, 0.29) is 17.0 Å². The van der Waals surface area contributed by atoms with E-state index in [1.165, 1.54) is 18.2 Å². The minimum Gasteiger partial charge on any atom is -0.294 e. The molecule has 1 rings (SSSR count). The van der Waals surface area contributed by atoms with Crippen LogP contribution in [-0.2, 0) is 4.79 Å². The molecule has 0 radical (unpaired) electrons. The number of carbonyl (C=O) groups is 1. The first-order chi connectivity index (χ1) is 6.89. The molecule has 0 atom stereocenters. The average Bonchev–Trinajstić information content (AvgIpc) is 2.12. The van der Waals surface area contributed by atoms with Crippen molar-refractivity contribution < 1.29 is 9.18 Å². The number of allylic oxidation sites excluding steroid dienone is 1. The molecular weight excluding hydrogens is 191 g/mol. The van der Waals surface area contributed by atoms with E-state index in [0.29, 0.717) is 5.56 Å². The molecule has 0 fully saturated rings. The Bertz CT molecular complexity index is 386. The van der Waals surface area contributed by atoms with E-state index in [9.17, 15) is 9.18 Å². The zero-order chi connectivity index (χ0) is 11.5. The van der Waals surface area contributed by atoms with E-state index in [1.807, 2.05) is 20.8 Å². The molecule has 80 valence electrons. The van der Waals surface area contributed by atoms with Gasteiger partial charge in [-0.15, -0.1) is 0 Å². The lowest BCUT2D eigenvalue weighted by atomic mass is 9.90. The van der Waals surface area contributed by atoms with Gasteiger partial charge in [0, 0.05) is 5.41 Å². The van der Waals surface area contributed by atoms with E-state index in [2.05, 4.69) is 0 Å². The highest BCUT2D eigenvalue weighted by molar-refractivity contribution is 5.97. The van der Waals surface area contributed by atoms with Crippen molar-refractivity contribution in [1.82, 2.24) is 0 Å². The topological polar surface area (TPSA) is 17.1 Å². The van der Waals surface area contributed by atoms with Gasteiger partial charge in [-0.1, -0.05) is 39.0 Å². The molecule has 0 amide bonds. The van der Waals surface area contributed by atoms with E-state index < -0.39 is 0 Å². The van der Waals surface area contributed by atoms with Crippen molar-refractivity contribution in [3.63, 3.8) is 0 Å². The Hall–Kier alpha value is -1.44. The predicted octanol–water partition coefficient (Wildman–Crippen LogP) is 3.45. The molecule has 2 heteroatoms. The first-order valence-electron chi connectivity index (χ1n) is 4.88. The summed E-state index contributed by atoms with van der Waals surface area (Å²) in [4.78, 5) is 11.5. The SMILES string of the molecule is CC(C)(C)C(=O)/C=C/c1cccc(F)c1. The van der Waals surface area contributed by atoms with Crippen LogP contribution in [0.25, 0.3) is 6.08 Å². The number of benzene rings is 1. The van der Waals surface area contributed by atoms with Crippen LogP contribution >= 0.6 is 0 Å². The summed E-state index contributed by atoms with van der Waals surface area (Å²) in [6, 6.07) is 6.15. The maximum atomic E-state index is 12.8. The maximum absolute atomic E-state index is 12.8. The summed E-state index contributed by atoms with van der Waals surface area (Å²) in [5.74, 6) is -0.257. The first-order valence-corrected chi connectivity index (χ1v) is 4.88. The van der Waals surface area contributed by atoms with Gasteiger partial charge in [0.1, 0.15) is 5.82 Å². The van der Waals surface area contributed by atoms with E-state index in [4.69, 9.17) is 0 Å². The minimum absolute atomic E-state index is 0.0340. The van der Waals surface area contributed by atoms with Crippen LogP contribution in [0.5, 0.6) is 0 Å². The molecule has 0 aromatic heterocycles. The fourth-order valence-electron chi connectivity index (χ4n) is 1.03. The molecule has 1 nitrogen and oxygen atoms in total. The Morgan fingerprint density at radius 2 is 2.00 bits per heavy atom. The van der Waals surface area contributed by atoms with Crippen LogP contribution in [0.1, 0.15) is 26.3 Å². The van der Waals surface area contributed by atoms with Gasteiger partial charge in [-0.25, -0.2) is 4.39 Å². The quantitative estimate of drug-likeness (QED) is 0.677. The molecule has 0 spiro atoms. The molecule has 15 heavy (non-hydrogen) atoms. The molecule has 0 N–H and O–H groups in total. The Morgan fingerprint density at radius 3 is 2.53 bits per heavy atom. The summed E-state index contributed by atoms with van der Waals surface area (Å²) in [5, 5.41) is 0. The standard InChI is InChI=1S/C13H15FO/c1-13(2,3)12(15)8-7-10-5-4-6-11(14)9-10/h4-9H,1-3H3/b8-7+. The second-order valence-corrected chi connectivity index (χ2v) is 4.50. The van der Waals surface area contributed by atoms with Crippen LogP contribution < -0.4 is 0 Å². The monoisotopic (exact) mass is 206 g/mol. The van der Waals surface area contributed by atoms with Crippen molar-refractivity contribution in [2.45, 2.75) is 20.8 Å². The molecule has 0 saturated heterocycles. The van der Waals surface area contributed by atoms with Gasteiger partial charge in [0.05, 0.1) is 0 Å². The smallest absolute Gasteiger partial charge is 0.161 e. The van der Waals surface area contributed by atoms with Gasteiger partial charge < -0.3 is 0 Å². The van der Waals surface area contributed by atoms with Gasteiger partial charge >= 0.3 is 0 Å². The number of rotatable bonds is 2.